The predicted octanol–water partition coefficient (Wildman–Crippen LogP) is 3.85. The molecule has 0 aliphatic heterocycles. The van der Waals surface area contributed by atoms with Gasteiger partial charge in [-0.3, -0.25) is 0 Å². The number of rotatable bonds is 2. The van der Waals surface area contributed by atoms with Gasteiger partial charge in [0, 0.05) is 24.2 Å². The van der Waals surface area contributed by atoms with Crippen LogP contribution in [0.25, 0.3) is 32.9 Å². The molecule has 0 amide bonds. The first-order valence-corrected chi connectivity index (χ1v) is 7.90. The summed E-state index contributed by atoms with van der Waals surface area (Å²) in [5, 5.41) is 1.51. The maximum Gasteiger partial charge on any atom is 0.573 e. The third kappa shape index (κ3) is 2.97. The molecule has 0 radical (unpaired) electrons. The van der Waals surface area contributed by atoms with Crippen molar-refractivity contribution < 1.29 is 17.9 Å². The first-order valence-electron chi connectivity index (χ1n) is 7.90. The highest BCUT2D eigenvalue weighted by Gasteiger charge is 2.31. The summed E-state index contributed by atoms with van der Waals surface area (Å²) in [5.74, 6) is 0.0373. The van der Waals surface area contributed by atoms with E-state index in [1.165, 1.54) is 12.1 Å². The number of benzene rings is 2. The van der Waals surface area contributed by atoms with Gasteiger partial charge in [0.25, 0.3) is 0 Å². The van der Waals surface area contributed by atoms with E-state index in [1.807, 2.05) is 23.9 Å². The number of aromatic nitrogens is 3. The quantitative estimate of drug-likeness (QED) is 0.557. The number of hydrogen-bond acceptors (Lipinski definition) is 5. The van der Waals surface area contributed by atoms with Crippen LogP contribution in [0.1, 0.15) is 0 Å². The molecule has 0 unspecified atom stereocenters. The zero-order valence-corrected chi connectivity index (χ0v) is 14.1. The summed E-state index contributed by atoms with van der Waals surface area (Å²) >= 11 is 0. The summed E-state index contributed by atoms with van der Waals surface area (Å²) in [4.78, 5) is 8.27. The molecule has 2 heterocycles. The minimum absolute atomic E-state index is 0.0511. The zero-order chi connectivity index (χ0) is 19.3. The molecule has 4 N–H and O–H groups in total. The van der Waals surface area contributed by atoms with E-state index in [9.17, 15) is 13.2 Å². The summed E-state index contributed by atoms with van der Waals surface area (Å²) in [6.45, 7) is 0. The number of nitrogen functional groups attached to an aromatic ring is 2. The van der Waals surface area contributed by atoms with Crippen LogP contribution >= 0.6 is 0 Å². The van der Waals surface area contributed by atoms with Gasteiger partial charge in [0.15, 0.2) is 0 Å². The van der Waals surface area contributed by atoms with Crippen molar-refractivity contribution in [2.45, 2.75) is 6.36 Å². The number of nitrogens with two attached hydrogens (primary N) is 2. The van der Waals surface area contributed by atoms with Crippen molar-refractivity contribution in [2.24, 2.45) is 7.05 Å². The number of anilines is 2. The van der Waals surface area contributed by atoms with Crippen LogP contribution in [0.2, 0.25) is 0 Å². The van der Waals surface area contributed by atoms with Crippen molar-refractivity contribution in [3.63, 3.8) is 0 Å². The van der Waals surface area contributed by atoms with Gasteiger partial charge in [-0.05, 0) is 29.8 Å². The van der Waals surface area contributed by atoms with E-state index in [0.717, 1.165) is 16.5 Å². The summed E-state index contributed by atoms with van der Waals surface area (Å²) < 4.78 is 42.9. The SMILES string of the molecule is Cn1ccc2c3c(N)nc(N)nc3cc(-c3ccc(OC(F)(F)F)cc3)c21. The third-order valence-corrected chi connectivity index (χ3v) is 4.26. The van der Waals surface area contributed by atoms with E-state index in [-0.39, 0.29) is 17.5 Å². The molecule has 0 fully saturated rings. The predicted molar refractivity (Wildman–Crippen MR) is 97.0 cm³/mol. The highest BCUT2D eigenvalue weighted by Crippen LogP contribution is 2.37. The van der Waals surface area contributed by atoms with Crippen LogP contribution in [-0.4, -0.2) is 20.9 Å². The fourth-order valence-corrected chi connectivity index (χ4v) is 3.22. The second-order valence-corrected chi connectivity index (χ2v) is 6.05. The number of halogens is 3. The minimum atomic E-state index is -4.73. The van der Waals surface area contributed by atoms with Crippen LogP contribution in [0.4, 0.5) is 24.9 Å². The normalized spacial score (nSPS) is 12.0. The molecule has 4 aromatic rings. The summed E-state index contributed by atoms with van der Waals surface area (Å²) in [6, 6.07) is 9.34. The first-order chi connectivity index (χ1) is 12.7. The Hall–Kier alpha value is -3.49. The van der Waals surface area contributed by atoms with Gasteiger partial charge < -0.3 is 20.8 Å². The molecular formula is C18H14F3N5O. The molecule has 0 atom stereocenters. The van der Waals surface area contributed by atoms with Gasteiger partial charge in [-0.1, -0.05) is 12.1 Å². The third-order valence-electron chi connectivity index (χ3n) is 4.26. The van der Waals surface area contributed by atoms with Gasteiger partial charge in [0.2, 0.25) is 5.95 Å². The average molecular weight is 373 g/mol. The number of alkyl halides is 3. The Balaban J connectivity index is 1.94. The largest absolute Gasteiger partial charge is 0.573 e. The van der Waals surface area contributed by atoms with Gasteiger partial charge in [-0.25, -0.2) is 4.98 Å². The van der Waals surface area contributed by atoms with Crippen molar-refractivity contribution in [3.05, 3.63) is 42.6 Å². The molecule has 0 bridgehead atoms. The van der Waals surface area contributed by atoms with Crippen LogP contribution in [-0.2, 0) is 7.05 Å². The number of nitrogens with zero attached hydrogens (tertiary/aromatic N) is 3. The summed E-state index contributed by atoms with van der Waals surface area (Å²) in [6.07, 6.45) is -2.87. The molecule has 0 spiro atoms. The van der Waals surface area contributed by atoms with Crippen LogP contribution in [0.15, 0.2) is 42.6 Å². The topological polar surface area (TPSA) is 92.0 Å². The Bertz CT molecular complexity index is 1170. The molecule has 0 saturated heterocycles. The number of aryl methyl sites for hydroxylation is 1. The second-order valence-electron chi connectivity index (χ2n) is 6.05. The number of fused-ring (bicyclic) bond motifs is 3. The van der Waals surface area contributed by atoms with Crippen LogP contribution in [0, 0.1) is 0 Å². The fraction of sp³-hybridized carbons (Fsp3) is 0.111. The van der Waals surface area contributed by atoms with E-state index in [4.69, 9.17) is 11.5 Å². The van der Waals surface area contributed by atoms with Crippen molar-refractivity contribution in [2.75, 3.05) is 11.5 Å². The Labute approximate surface area is 151 Å². The molecule has 0 aliphatic carbocycles. The van der Waals surface area contributed by atoms with Gasteiger partial charge in [0.05, 0.1) is 16.4 Å². The monoisotopic (exact) mass is 373 g/mol. The summed E-state index contributed by atoms with van der Waals surface area (Å²) in [7, 11) is 1.87. The molecule has 138 valence electrons. The number of ether oxygens (including phenoxy) is 1. The van der Waals surface area contributed by atoms with E-state index in [2.05, 4.69) is 14.7 Å². The molecular weight excluding hydrogens is 359 g/mol. The summed E-state index contributed by atoms with van der Waals surface area (Å²) in [5.41, 5.74) is 14.6. The molecule has 2 aromatic heterocycles. The maximum absolute atomic E-state index is 12.4. The second kappa shape index (κ2) is 5.76. The van der Waals surface area contributed by atoms with Gasteiger partial charge in [-0.2, -0.15) is 4.98 Å². The smallest absolute Gasteiger partial charge is 0.406 e. The van der Waals surface area contributed by atoms with E-state index < -0.39 is 6.36 Å². The Kier molecular flexibility index (Phi) is 3.62. The Morgan fingerprint density at radius 2 is 1.74 bits per heavy atom. The standard InChI is InChI=1S/C18H14F3N5O/c1-26-7-6-11-14-13(24-17(23)25-16(14)22)8-12(15(11)26)9-2-4-10(5-3-9)27-18(19,20)21/h2-8H,1H3,(H4,22,23,24,25). The average Bonchev–Trinajstić information content (AvgIpc) is 2.95. The highest BCUT2D eigenvalue weighted by molar-refractivity contribution is 6.15. The van der Waals surface area contributed by atoms with Crippen LogP contribution < -0.4 is 16.2 Å². The van der Waals surface area contributed by atoms with Crippen molar-refractivity contribution >= 4 is 33.6 Å². The lowest BCUT2D eigenvalue weighted by Crippen LogP contribution is -2.16. The van der Waals surface area contributed by atoms with E-state index in [0.29, 0.717) is 16.5 Å². The van der Waals surface area contributed by atoms with Gasteiger partial charge in [-0.15, -0.1) is 13.2 Å². The van der Waals surface area contributed by atoms with Crippen molar-refractivity contribution in [1.29, 1.82) is 0 Å². The number of hydrogen-bond donors (Lipinski definition) is 2. The van der Waals surface area contributed by atoms with E-state index >= 15 is 0 Å². The fourth-order valence-electron chi connectivity index (χ4n) is 3.22. The molecule has 6 nitrogen and oxygen atoms in total. The van der Waals surface area contributed by atoms with E-state index in [1.54, 1.807) is 18.2 Å². The zero-order valence-electron chi connectivity index (χ0n) is 14.1. The van der Waals surface area contributed by atoms with Crippen LogP contribution in [0.5, 0.6) is 5.75 Å². The van der Waals surface area contributed by atoms with Gasteiger partial charge in [0.1, 0.15) is 11.6 Å². The lowest BCUT2D eigenvalue weighted by Gasteiger charge is -2.12. The van der Waals surface area contributed by atoms with Crippen molar-refractivity contribution in [3.8, 4) is 16.9 Å². The molecule has 2 aromatic carbocycles. The molecule has 0 aliphatic rings. The van der Waals surface area contributed by atoms with Crippen LogP contribution in [0.3, 0.4) is 0 Å². The minimum Gasteiger partial charge on any atom is -0.406 e. The van der Waals surface area contributed by atoms with Gasteiger partial charge >= 0.3 is 6.36 Å². The van der Waals surface area contributed by atoms with Crippen molar-refractivity contribution in [1.82, 2.24) is 14.5 Å². The Morgan fingerprint density at radius 1 is 1.04 bits per heavy atom. The molecule has 9 heteroatoms. The maximum atomic E-state index is 12.4. The molecule has 27 heavy (non-hydrogen) atoms. The highest BCUT2D eigenvalue weighted by atomic mass is 19.4. The Morgan fingerprint density at radius 3 is 2.41 bits per heavy atom. The lowest BCUT2D eigenvalue weighted by molar-refractivity contribution is -0.274. The molecule has 4 rings (SSSR count). The lowest BCUT2D eigenvalue weighted by atomic mass is 9.99. The first kappa shape index (κ1) is 17.0. The molecule has 0 saturated carbocycles.